The Morgan fingerprint density at radius 2 is 2.19 bits per heavy atom. The van der Waals surface area contributed by atoms with Crippen molar-refractivity contribution in [3.8, 4) is 22.5 Å². The molecule has 0 bridgehead atoms. The Bertz CT molecular complexity index is 1030. The average molecular weight is 401 g/mol. The van der Waals surface area contributed by atoms with Crippen LogP contribution in [-0.4, -0.2) is 45.0 Å². The van der Waals surface area contributed by atoms with E-state index < -0.39 is 0 Å². The minimum absolute atomic E-state index is 0.541. The lowest BCUT2D eigenvalue weighted by atomic mass is 9.99. The number of aromatic amines is 1. The fraction of sp³-hybridized carbons (Fsp3) is 0.176. The zero-order valence-electron chi connectivity index (χ0n) is 13.9. The number of hydrogen-bond donors (Lipinski definition) is 3. The van der Waals surface area contributed by atoms with E-state index in [0.717, 1.165) is 44.3 Å². The number of nitrogens with zero attached hydrogens (tertiary/aromatic N) is 4. The fourth-order valence-electron chi connectivity index (χ4n) is 2.71. The van der Waals surface area contributed by atoms with Crippen molar-refractivity contribution in [3.63, 3.8) is 0 Å². The van der Waals surface area contributed by atoms with Crippen LogP contribution in [0.4, 0.5) is 0 Å². The van der Waals surface area contributed by atoms with E-state index in [2.05, 4.69) is 61.3 Å². The molecule has 0 fully saturated rings. The second-order valence-electron chi connectivity index (χ2n) is 5.56. The van der Waals surface area contributed by atoms with Crippen molar-refractivity contribution in [2.45, 2.75) is 9.79 Å². The average Bonchev–Trinajstić information content (AvgIpc) is 3.34. The van der Waals surface area contributed by atoms with Crippen LogP contribution in [0.25, 0.3) is 32.7 Å². The van der Waals surface area contributed by atoms with Crippen LogP contribution in [0, 0.1) is 0 Å². The van der Waals surface area contributed by atoms with Gasteiger partial charge >= 0.3 is 0 Å². The standard InChI is InChI=1S/C17H16N6S3/c1-18-6-7-25-14-5-3-11(15(16(14)24)17-20-22-23-21-17)10-2-4-13-12(8-10)19-9-26-13/h2-5,8-9,18,24H,6-7H2,1H3,(H,20,21,22,23). The number of thioether (sulfide) groups is 1. The number of rotatable bonds is 6. The number of hydrogen-bond acceptors (Lipinski definition) is 8. The molecular weight excluding hydrogens is 384 g/mol. The van der Waals surface area contributed by atoms with Crippen molar-refractivity contribution in [2.75, 3.05) is 19.3 Å². The number of nitrogens with one attached hydrogen (secondary N) is 2. The zero-order valence-corrected chi connectivity index (χ0v) is 16.5. The van der Waals surface area contributed by atoms with E-state index >= 15 is 0 Å². The van der Waals surface area contributed by atoms with Gasteiger partial charge in [-0.1, -0.05) is 12.1 Å². The third kappa shape index (κ3) is 3.35. The molecule has 0 saturated heterocycles. The highest BCUT2D eigenvalue weighted by atomic mass is 32.2. The summed E-state index contributed by atoms with van der Waals surface area (Å²) in [5.74, 6) is 1.50. The van der Waals surface area contributed by atoms with Crippen molar-refractivity contribution >= 4 is 45.9 Å². The Hall–Kier alpha value is -1.94. The van der Waals surface area contributed by atoms with E-state index in [-0.39, 0.29) is 0 Å². The molecule has 0 spiro atoms. The van der Waals surface area contributed by atoms with Crippen molar-refractivity contribution in [2.24, 2.45) is 0 Å². The SMILES string of the molecule is CNCCSc1ccc(-c2ccc3scnc3c2)c(-c2nn[nH]n2)c1S. The van der Waals surface area contributed by atoms with Crippen LogP contribution >= 0.6 is 35.7 Å². The van der Waals surface area contributed by atoms with Crippen LogP contribution in [0.5, 0.6) is 0 Å². The zero-order chi connectivity index (χ0) is 17.9. The van der Waals surface area contributed by atoms with Gasteiger partial charge in [-0.25, -0.2) is 4.98 Å². The Labute approximate surface area is 164 Å². The molecule has 26 heavy (non-hydrogen) atoms. The molecule has 0 aliphatic rings. The second-order valence-corrected chi connectivity index (χ2v) is 8.03. The van der Waals surface area contributed by atoms with Gasteiger partial charge < -0.3 is 5.32 Å². The molecule has 2 aromatic heterocycles. The van der Waals surface area contributed by atoms with Gasteiger partial charge in [-0.2, -0.15) is 5.21 Å². The van der Waals surface area contributed by atoms with Crippen LogP contribution in [0.3, 0.4) is 0 Å². The van der Waals surface area contributed by atoms with Gasteiger partial charge in [0.25, 0.3) is 0 Å². The molecule has 0 atom stereocenters. The first-order valence-electron chi connectivity index (χ1n) is 7.98. The summed E-state index contributed by atoms with van der Waals surface area (Å²) < 4.78 is 1.17. The van der Waals surface area contributed by atoms with Crippen molar-refractivity contribution in [1.82, 2.24) is 30.9 Å². The van der Waals surface area contributed by atoms with Crippen LogP contribution in [0.2, 0.25) is 0 Å². The number of thiol groups is 1. The Morgan fingerprint density at radius 1 is 1.27 bits per heavy atom. The Balaban J connectivity index is 1.84. The first kappa shape index (κ1) is 17.5. The summed E-state index contributed by atoms with van der Waals surface area (Å²) in [7, 11) is 1.95. The van der Waals surface area contributed by atoms with Gasteiger partial charge in [-0.3, -0.25) is 0 Å². The number of aromatic nitrogens is 5. The lowest BCUT2D eigenvalue weighted by Crippen LogP contribution is -2.09. The van der Waals surface area contributed by atoms with E-state index in [1.54, 1.807) is 23.1 Å². The van der Waals surface area contributed by atoms with Crippen molar-refractivity contribution < 1.29 is 0 Å². The van der Waals surface area contributed by atoms with Crippen LogP contribution < -0.4 is 5.32 Å². The maximum absolute atomic E-state index is 4.80. The molecule has 2 N–H and O–H groups in total. The maximum atomic E-state index is 4.80. The minimum atomic E-state index is 0.541. The van der Waals surface area contributed by atoms with Gasteiger partial charge in [-0.15, -0.1) is 45.9 Å². The van der Waals surface area contributed by atoms with Gasteiger partial charge in [0.1, 0.15) is 0 Å². The number of H-pyrrole nitrogens is 1. The molecule has 0 unspecified atom stereocenters. The van der Waals surface area contributed by atoms with Crippen LogP contribution in [0.15, 0.2) is 45.6 Å². The third-order valence-corrected chi connectivity index (χ3v) is 6.45. The number of thiazole rings is 1. The van der Waals surface area contributed by atoms with Gasteiger partial charge in [0, 0.05) is 27.7 Å². The van der Waals surface area contributed by atoms with Crippen molar-refractivity contribution in [3.05, 3.63) is 35.8 Å². The molecule has 0 amide bonds. The summed E-state index contributed by atoms with van der Waals surface area (Å²) in [4.78, 5) is 6.39. The molecule has 0 saturated carbocycles. The molecule has 6 nitrogen and oxygen atoms in total. The van der Waals surface area contributed by atoms with Gasteiger partial charge in [-0.05, 0) is 41.6 Å². The molecule has 2 aromatic carbocycles. The number of fused-ring (bicyclic) bond motifs is 1. The normalized spacial score (nSPS) is 11.3. The summed E-state index contributed by atoms with van der Waals surface area (Å²) in [6, 6.07) is 10.5. The predicted molar refractivity (Wildman–Crippen MR) is 110 cm³/mol. The molecule has 0 aliphatic heterocycles. The summed E-state index contributed by atoms with van der Waals surface area (Å²) in [5, 5.41) is 17.8. The molecule has 0 aliphatic carbocycles. The molecule has 4 aromatic rings. The maximum Gasteiger partial charge on any atom is 0.206 e. The van der Waals surface area contributed by atoms with Gasteiger partial charge in [0.2, 0.25) is 5.82 Å². The smallest absolute Gasteiger partial charge is 0.206 e. The van der Waals surface area contributed by atoms with Crippen LogP contribution in [0.1, 0.15) is 0 Å². The van der Waals surface area contributed by atoms with Gasteiger partial charge in [0.05, 0.1) is 15.7 Å². The summed E-state index contributed by atoms with van der Waals surface area (Å²) >= 11 is 8.19. The number of tetrazole rings is 1. The Kier molecular flexibility index (Phi) is 5.21. The van der Waals surface area contributed by atoms with E-state index in [9.17, 15) is 0 Å². The molecular formula is C17H16N6S3. The topological polar surface area (TPSA) is 79.4 Å². The molecule has 4 rings (SSSR count). The quantitative estimate of drug-likeness (QED) is 0.260. The minimum Gasteiger partial charge on any atom is -0.319 e. The molecule has 9 heteroatoms. The monoisotopic (exact) mass is 400 g/mol. The third-order valence-electron chi connectivity index (χ3n) is 3.96. The first-order valence-corrected chi connectivity index (χ1v) is 10.3. The lowest BCUT2D eigenvalue weighted by Gasteiger charge is -2.13. The molecule has 132 valence electrons. The summed E-state index contributed by atoms with van der Waals surface area (Å²) in [6.45, 7) is 0.928. The summed E-state index contributed by atoms with van der Waals surface area (Å²) in [5.41, 5.74) is 5.81. The summed E-state index contributed by atoms with van der Waals surface area (Å²) in [6.07, 6.45) is 0. The first-order chi connectivity index (χ1) is 12.8. The highest BCUT2D eigenvalue weighted by Gasteiger charge is 2.18. The highest BCUT2D eigenvalue weighted by molar-refractivity contribution is 7.99. The largest absolute Gasteiger partial charge is 0.319 e. The van der Waals surface area contributed by atoms with E-state index in [0.29, 0.717) is 5.82 Å². The molecule has 0 radical (unpaired) electrons. The fourth-order valence-corrected chi connectivity index (χ4v) is 4.79. The van der Waals surface area contributed by atoms with Crippen molar-refractivity contribution in [1.29, 1.82) is 0 Å². The number of benzene rings is 2. The second kappa shape index (κ2) is 7.75. The molecule has 2 heterocycles. The highest BCUT2D eigenvalue weighted by Crippen LogP contribution is 2.40. The predicted octanol–water partition coefficient (Wildman–Crippen LogP) is 3.74. The van der Waals surface area contributed by atoms with E-state index in [4.69, 9.17) is 12.6 Å². The lowest BCUT2D eigenvalue weighted by molar-refractivity contribution is 0.871. The Morgan fingerprint density at radius 3 is 3.00 bits per heavy atom. The van der Waals surface area contributed by atoms with Gasteiger partial charge in [0.15, 0.2) is 0 Å². The van der Waals surface area contributed by atoms with Crippen LogP contribution in [-0.2, 0) is 0 Å². The van der Waals surface area contributed by atoms with E-state index in [1.807, 2.05) is 12.6 Å². The van der Waals surface area contributed by atoms with E-state index in [1.165, 1.54) is 4.70 Å².